The van der Waals surface area contributed by atoms with E-state index in [9.17, 15) is 4.79 Å². The highest BCUT2D eigenvalue weighted by molar-refractivity contribution is 5.95. The Bertz CT molecular complexity index is 822. The van der Waals surface area contributed by atoms with Crippen LogP contribution in [-0.4, -0.2) is 16.1 Å². The third kappa shape index (κ3) is 3.45. The molecule has 116 valence electrons. The molecule has 0 radical (unpaired) electrons. The van der Waals surface area contributed by atoms with Gasteiger partial charge in [0, 0.05) is 11.1 Å². The van der Waals surface area contributed by atoms with Gasteiger partial charge >= 0.3 is 0 Å². The molecule has 5 nitrogen and oxygen atoms in total. The zero-order chi connectivity index (χ0) is 16.2. The van der Waals surface area contributed by atoms with Crippen molar-refractivity contribution in [2.45, 2.75) is 20.4 Å². The van der Waals surface area contributed by atoms with Crippen molar-refractivity contribution < 1.29 is 9.21 Å². The summed E-state index contributed by atoms with van der Waals surface area (Å²) in [5, 5.41) is 10.8. The minimum Gasteiger partial charge on any atom is -0.419 e. The van der Waals surface area contributed by atoms with E-state index >= 15 is 0 Å². The average Bonchev–Trinajstić information content (AvgIpc) is 3.03. The molecule has 1 N–H and O–H groups in total. The van der Waals surface area contributed by atoms with E-state index in [2.05, 4.69) is 15.5 Å². The van der Waals surface area contributed by atoms with Crippen LogP contribution in [0.1, 0.15) is 27.4 Å². The SMILES string of the molecule is Cc1ccc(-c2nnc(CNC(=O)c3ccccc3C)o2)cc1. The van der Waals surface area contributed by atoms with Crippen LogP contribution in [0.3, 0.4) is 0 Å². The van der Waals surface area contributed by atoms with Crippen molar-refractivity contribution in [3.63, 3.8) is 0 Å². The van der Waals surface area contributed by atoms with Crippen molar-refractivity contribution in [3.05, 3.63) is 71.1 Å². The van der Waals surface area contributed by atoms with Gasteiger partial charge in [-0.15, -0.1) is 10.2 Å². The van der Waals surface area contributed by atoms with Gasteiger partial charge in [-0.25, -0.2) is 0 Å². The Morgan fingerprint density at radius 3 is 2.52 bits per heavy atom. The van der Waals surface area contributed by atoms with Crippen LogP contribution in [0, 0.1) is 13.8 Å². The maximum atomic E-state index is 12.2. The Kier molecular flexibility index (Phi) is 4.19. The lowest BCUT2D eigenvalue weighted by Crippen LogP contribution is -2.23. The van der Waals surface area contributed by atoms with Gasteiger partial charge in [-0.3, -0.25) is 4.79 Å². The number of hydrogen-bond donors (Lipinski definition) is 1. The summed E-state index contributed by atoms with van der Waals surface area (Å²) in [6.07, 6.45) is 0. The predicted octanol–water partition coefficient (Wildman–Crippen LogP) is 3.28. The van der Waals surface area contributed by atoms with Gasteiger partial charge < -0.3 is 9.73 Å². The molecule has 0 spiro atoms. The van der Waals surface area contributed by atoms with E-state index in [-0.39, 0.29) is 12.5 Å². The molecular weight excluding hydrogens is 290 g/mol. The molecule has 3 aromatic rings. The topological polar surface area (TPSA) is 68.0 Å². The first-order valence-corrected chi connectivity index (χ1v) is 7.37. The van der Waals surface area contributed by atoms with Crippen LogP contribution < -0.4 is 5.32 Å². The number of benzene rings is 2. The summed E-state index contributed by atoms with van der Waals surface area (Å²) in [6, 6.07) is 15.3. The largest absolute Gasteiger partial charge is 0.419 e. The number of amides is 1. The first kappa shape index (κ1) is 15.0. The van der Waals surface area contributed by atoms with Crippen molar-refractivity contribution in [3.8, 4) is 11.5 Å². The molecule has 0 atom stereocenters. The molecule has 0 fully saturated rings. The zero-order valence-electron chi connectivity index (χ0n) is 13.0. The Morgan fingerprint density at radius 1 is 1.04 bits per heavy atom. The van der Waals surface area contributed by atoms with Crippen molar-refractivity contribution in [1.82, 2.24) is 15.5 Å². The van der Waals surface area contributed by atoms with Gasteiger partial charge in [0.25, 0.3) is 5.91 Å². The van der Waals surface area contributed by atoms with Crippen LogP contribution in [0.5, 0.6) is 0 Å². The number of carbonyl (C=O) groups is 1. The van der Waals surface area contributed by atoms with Crippen LogP contribution in [0.25, 0.3) is 11.5 Å². The van der Waals surface area contributed by atoms with Gasteiger partial charge in [0.05, 0.1) is 6.54 Å². The van der Waals surface area contributed by atoms with Crippen LogP contribution in [0.4, 0.5) is 0 Å². The van der Waals surface area contributed by atoms with Gasteiger partial charge in [-0.2, -0.15) is 0 Å². The zero-order valence-corrected chi connectivity index (χ0v) is 13.0. The fraction of sp³-hybridized carbons (Fsp3) is 0.167. The van der Waals surface area contributed by atoms with Crippen molar-refractivity contribution in [2.75, 3.05) is 0 Å². The van der Waals surface area contributed by atoms with E-state index in [0.717, 1.165) is 11.1 Å². The lowest BCUT2D eigenvalue weighted by molar-refractivity contribution is 0.0946. The molecule has 5 heteroatoms. The van der Waals surface area contributed by atoms with E-state index in [1.165, 1.54) is 5.56 Å². The number of aromatic nitrogens is 2. The highest BCUT2D eigenvalue weighted by atomic mass is 16.4. The molecule has 1 aromatic heterocycles. The molecule has 0 aliphatic heterocycles. The Hall–Kier alpha value is -2.95. The summed E-state index contributed by atoms with van der Waals surface area (Å²) in [7, 11) is 0. The van der Waals surface area contributed by atoms with Gasteiger partial charge in [-0.1, -0.05) is 35.9 Å². The third-order valence-corrected chi connectivity index (χ3v) is 3.56. The summed E-state index contributed by atoms with van der Waals surface area (Å²) < 4.78 is 5.59. The number of aryl methyl sites for hydroxylation is 2. The molecule has 1 amide bonds. The fourth-order valence-electron chi connectivity index (χ4n) is 2.22. The lowest BCUT2D eigenvalue weighted by Gasteiger charge is -2.05. The molecule has 0 aliphatic carbocycles. The molecule has 23 heavy (non-hydrogen) atoms. The number of hydrogen-bond acceptors (Lipinski definition) is 4. The lowest BCUT2D eigenvalue weighted by atomic mass is 10.1. The molecule has 0 saturated carbocycles. The van der Waals surface area contributed by atoms with E-state index in [1.807, 2.05) is 56.3 Å². The molecule has 2 aromatic carbocycles. The average molecular weight is 307 g/mol. The molecule has 0 unspecified atom stereocenters. The monoisotopic (exact) mass is 307 g/mol. The predicted molar refractivity (Wildman–Crippen MR) is 86.8 cm³/mol. The van der Waals surface area contributed by atoms with Gasteiger partial charge in [0.2, 0.25) is 11.8 Å². The standard InChI is InChI=1S/C18H17N3O2/c1-12-7-9-14(10-8-12)18-21-20-16(23-18)11-19-17(22)15-6-4-3-5-13(15)2/h3-10H,11H2,1-2H3,(H,19,22). The summed E-state index contributed by atoms with van der Waals surface area (Å²) in [5.41, 5.74) is 3.60. The van der Waals surface area contributed by atoms with Gasteiger partial charge in [0.15, 0.2) is 0 Å². The number of rotatable bonds is 4. The summed E-state index contributed by atoms with van der Waals surface area (Å²) in [6.45, 7) is 4.12. The fourth-order valence-corrected chi connectivity index (χ4v) is 2.22. The van der Waals surface area contributed by atoms with E-state index < -0.39 is 0 Å². The Labute approximate surface area is 134 Å². The van der Waals surface area contributed by atoms with Crippen molar-refractivity contribution in [1.29, 1.82) is 0 Å². The van der Waals surface area contributed by atoms with Crippen molar-refractivity contribution >= 4 is 5.91 Å². The summed E-state index contributed by atoms with van der Waals surface area (Å²) in [5.74, 6) is 0.672. The van der Waals surface area contributed by atoms with Gasteiger partial charge in [-0.05, 0) is 37.6 Å². The second-order valence-electron chi connectivity index (χ2n) is 5.36. The first-order chi connectivity index (χ1) is 11.1. The molecule has 1 heterocycles. The van der Waals surface area contributed by atoms with E-state index in [4.69, 9.17) is 4.42 Å². The van der Waals surface area contributed by atoms with Crippen LogP contribution in [0.2, 0.25) is 0 Å². The second-order valence-corrected chi connectivity index (χ2v) is 5.36. The minimum atomic E-state index is -0.154. The second kappa shape index (κ2) is 6.44. The number of carbonyl (C=O) groups excluding carboxylic acids is 1. The van der Waals surface area contributed by atoms with Crippen molar-refractivity contribution in [2.24, 2.45) is 0 Å². The Morgan fingerprint density at radius 2 is 1.78 bits per heavy atom. The van der Waals surface area contributed by atoms with Gasteiger partial charge in [0.1, 0.15) is 0 Å². The first-order valence-electron chi connectivity index (χ1n) is 7.37. The van der Waals surface area contributed by atoms with Crippen LogP contribution >= 0.6 is 0 Å². The molecule has 0 saturated heterocycles. The molecule has 0 aliphatic rings. The highest BCUT2D eigenvalue weighted by Gasteiger charge is 2.11. The molecule has 3 rings (SSSR count). The maximum absolute atomic E-state index is 12.2. The minimum absolute atomic E-state index is 0.154. The Balaban J connectivity index is 1.67. The summed E-state index contributed by atoms with van der Waals surface area (Å²) in [4.78, 5) is 12.2. The van der Waals surface area contributed by atoms with E-state index in [1.54, 1.807) is 6.07 Å². The normalized spacial score (nSPS) is 10.5. The van der Waals surface area contributed by atoms with Crippen LogP contribution in [0.15, 0.2) is 52.9 Å². The van der Waals surface area contributed by atoms with Crippen LogP contribution in [-0.2, 0) is 6.54 Å². The quantitative estimate of drug-likeness (QED) is 0.803. The molecule has 0 bridgehead atoms. The smallest absolute Gasteiger partial charge is 0.251 e. The molecular formula is C18H17N3O2. The number of nitrogens with one attached hydrogen (secondary N) is 1. The third-order valence-electron chi connectivity index (χ3n) is 3.56. The highest BCUT2D eigenvalue weighted by Crippen LogP contribution is 2.18. The number of nitrogens with zero attached hydrogens (tertiary/aromatic N) is 2. The van der Waals surface area contributed by atoms with E-state index in [0.29, 0.717) is 17.3 Å². The maximum Gasteiger partial charge on any atom is 0.251 e. The summed E-state index contributed by atoms with van der Waals surface area (Å²) >= 11 is 0.